The van der Waals surface area contributed by atoms with E-state index in [0.29, 0.717) is 12.4 Å². The van der Waals surface area contributed by atoms with E-state index in [1.807, 2.05) is 39.0 Å². The predicted molar refractivity (Wildman–Crippen MR) is 84.3 cm³/mol. The largest absolute Gasteiger partial charge is 0.493 e. The van der Waals surface area contributed by atoms with E-state index in [-0.39, 0.29) is 11.5 Å². The minimum atomic E-state index is -0.253. The zero-order valence-electron chi connectivity index (χ0n) is 13.5. The summed E-state index contributed by atoms with van der Waals surface area (Å²) in [6, 6.07) is 8.06. The van der Waals surface area contributed by atoms with Gasteiger partial charge in [-0.15, -0.1) is 0 Å². The van der Waals surface area contributed by atoms with Crippen LogP contribution in [0.2, 0.25) is 0 Å². The average Bonchev–Trinajstić information content (AvgIpc) is 2.46. The standard InChI is InChI=1S/C17H26N2O2/c1-13(19)14-7-8-15(16(11-14)20-4)21-10-6-5-9-17(2,3)12-18/h7-8,11,13H,5-6,9-10,19H2,1-4H3/t13-/m1/s1. The second-order valence-corrected chi connectivity index (χ2v) is 6.00. The number of rotatable bonds is 8. The van der Waals surface area contributed by atoms with Crippen LogP contribution in [-0.2, 0) is 0 Å². The fraction of sp³-hybridized carbons (Fsp3) is 0.588. The number of benzene rings is 1. The number of hydrogen-bond acceptors (Lipinski definition) is 4. The van der Waals surface area contributed by atoms with Gasteiger partial charge < -0.3 is 15.2 Å². The van der Waals surface area contributed by atoms with Crippen molar-refractivity contribution in [3.05, 3.63) is 23.8 Å². The van der Waals surface area contributed by atoms with E-state index in [1.165, 1.54) is 0 Å². The van der Waals surface area contributed by atoms with Gasteiger partial charge in [0.1, 0.15) is 0 Å². The van der Waals surface area contributed by atoms with Crippen LogP contribution in [0.15, 0.2) is 18.2 Å². The van der Waals surface area contributed by atoms with Gasteiger partial charge in [-0.1, -0.05) is 6.07 Å². The topological polar surface area (TPSA) is 68.3 Å². The van der Waals surface area contributed by atoms with Crippen molar-refractivity contribution >= 4 is 0 Å². The Morgan fingerprint density at radius 3 is 2.57 bits per heavy atom. The first-order chi connectivity index (χ1) is 9.89. The number of nitrogens with two attached hydrogens (primary N) is 1. The molecule has 0 saturated heterocycles. The lowest BCUT2D eigenvalue weighted by Crippen LogP contribution is -2.09. The summed E-state index contributed by atoms with van der Waals surface area (Å²) in [5, 5.41) is 8.96. The van der Waals surface area contributed by atoms with Gasteiger partial charge in [0.25, 0.3) is 0 Å². The van der Waals surface area contributed by atoms with Crippen LogP contribution in [0.3, 0.4) is 0 Å². The second-order valence-electron chi connectivity index (χ2n) is 6.00. The highest BCUT2D eigenvalue weighted by Gasteiger charge is 2.15. The molecular weight excluding hydrogens is 264 g/mol. The molecule has 4 nitrogen and oxygen atoms in total. The van der Waals surface area contributed by atoms with Crippen molar-refractivity contribution < 1.29 is 9.47 Å². The normalized spacial score (nSPS) is 12.6. The Balaban J connectivity index is 2.47. The third-order valence-corrected chi connectivity index (χ3v) is 3.47. The van der Waals surface area contributed by atoms with E-state index in [2.05, 4.69) is 6.07 Å². The van der Waals surface area contributed by atoms with Crippen LogP contribution in [0.5, 0.6) is 11.5 Å². The van der Waals surface area contributed by atoms with Gasteiger partial charge in [0, 0.05) is 6.04 Å². The Kier molecular flexibility index (Phi) is 6.51. The molecule has 1 rings (SSSR count). The third kappa shape index (κ3) is 5.65. The van der Waals surface area contributed by atoms with Crippen molar-refractivity contribution in [1.29, 1.82) is 5.26 Å². The quantitative estimate of drug-likeness (QED) is 0.739. The number of ether oxygens (including phenoxy) is 2. The molecule has 4 heteroatoms. The maximum Gasteiger partial charge on any atom is 0.161 e. The number of nitriles is 1. The summed E-state index contributed by atoms with van der Waals surface area (Å²) in [7, 11) is 1.63. The minimum Gasteiger partial charge on any atom is -0.493 e. The first-order valence-electron chi connectivity index (χ1n) is 7.37. The molecule has 0 bridgehead atoms. The molecule has 0 aromatic heterocycles. The van der Waals surface area contributed by atoms with Gasteiger partial charge in [-0.25, -0.2) is 0 Å². The molecule has 0 heterocycles. The fourth-order valence-electron chi connectivity index (χ4n) is 1.99. The van der Waals surface area contributed by atoms with Crippen LogP contribution in [0, 0.1) is 16.7 Å². The van der Waals surface area contributed by atoms with Gasteiger partial charge in [-0.3, -0.25) is 0 Å². The monoisotopic (exact) mass is 290 g/mol. The molecule has 1 aromatic carbocycles. The Morgan fingerprint density at radius 2 is 2.00 bits per heavy atom. The lowest BCUT2D eigenvalue weighted by Gasteiger charge is -2.15. The van der Waals surface area contributed by atoms with E-state index in [4.69, 9.17) is 20.5 Å². The number of unbranched alkanes of at least 4 members (excludes halogenated alkanes) is 1. The summed E-state index contributed by atoms with van der Waals surface area (Å²) in [5.41, 5.74) is 6.63. The lowest BCUT2D eigenvalue weighted by molar-refractivity contribution is 0.278. The molecule has 1 atom stereocenters. The van der Waals surface area contributed by atoms with Crippen molar-refractivity contribution in [2.24, 2.45) is 11.1 Å². The predicted octanol–water partition coefficient (Wildman–Crippen LogP) is 3.81. The summed E-state index contributed by atoms with van der Waals surface area (Å²) in [6.07, 6.45) is 2.78. The third-order valence-electron chi connectivity index (χ3n) is 3.47. The molecule has 0 radical (unpaired) electrons. The molecule has 21 heavy (non-hydrogen) atoms. The van der Waals surface area contributed by atoms with Gasteiger partial charge in [0.05, 0.1) is 25.2 Å². The molecule has 0 spiro atoms. The Morgan fingerprint density at radius 1 is 1.29 bits per heavy atom. The Labute approximate surface area is 127 Å². The fourth-order valence-corrected chi connectivity index (χ4v) is 1.99. The summed E-state index contributed by atoms with van der Waals surface area (Å²) in [6.45, 7) is 6.48. The SMILES string of the molecule is COc1cc([C@@H](C)N)ccc1OCCCCC(C)(C)C#N. The minimum absolute atomic E-state index is 0.0267. The smallest absolute Gasteiger partial charge is 0.161 e. The highest BCUT2D eigenvalue weighted by atomic mass is 16.5. The Hall–Kier alpha value is -1.73. The summed E-state index contributed by atoms with van der Waals surface area (Å²) < 4.78 is 11.1. The zero-order chi connectivity index (χ0) is 15.9. The van der Waals surface area contributed by atoms with Crippen LogP contribution < -0.4 is 15.2 Å². The van der Waals surface area contributed by atoms with Crippen molar-refractivity contribution in [3.63, 3.8) is 0 Å². The van der Waals surface area contributed by atoms with Gasteiger partial charge in [-0.05, 0) is 57.7 Å². The van der Waals surface area contributed by atoms with Gasteiger partial charge in [0.2, 0.25) is 0 Å². The molecule has 0 aliphatic carbocycles. The molecule has 0 aliphatic rings. The highest BCUT2D eigenvalue weighted by Crippen LogP contribution is 2.30. The molecule has 0 fully saturated rings. The van der Waals surface area contributed by atoms with E-state index < -0.39 is 0 Å². The molecule has 2 N–H and O–H groups in total. The summed E-state index contributed by atoms with van der Waals surface area (Å²) in [5.74, 6) is 1.45. The number of nitrogens with zero attached hydrogens (tertiary/aromatic N) is 1. The Bertz CT molecular complexity index is 490. The summed E-state index contributed by atoms with van der Waals surface area (Å²) >= 11 is 0. The highest BCUT2D eigenvalue weighted by molar-refractivity contribution is 5.43. The van der Waals surface area contributed by atoms with Gasteiger partial charge >= 0.3 is 0 Å². The lowest BCUT2D eigenvalue weighted by atomic mass is 9.89. The molecule has 0 saturated carbocycles. The van der Waals surface area contributed by atoms with Crippen LogP contribution in [0.25, 0.3) is 0 Å². The second kappa shape index (κ2) is 7.90. The molecule has 116 valence electrons. The zero-order valence-corrected chi connectivity index (χ0v) is 13.5. The van der Waals surface area contributed by atoms with Gasteiger partial charge in [0.15, 0.2) is 11.5 Å². The summed E-state index contributed by atoms with van der Waals surface area (Å²) in [4.78, 5) is 0. The van der Waals surface area contributed by atoms with E-state index in [9.17, 15) is 0 Å². The van der Waals surface area contributed by atoms with Crippen molar-refractivity contribution in [2.45, 2.75) is 46.1 Å². The van der Waals surface area contributed by atoms with Crippen LogP contribution in [0.1, 0.15) is 51.6 Å². The van der Waals surface area contributed by atoms with Crippen LogP contribution >= 0.6 is 0 Å². The van der Waals surface area contributed by atoms with Crippen molar-refractivity contribution in [3.8, 4) is 17.6 Å². The molecule has 0 unspecified atom stereocenters. The first-order valence-corrected chi connectivity index (χ1v) is 7.37. The van der Waals surface area contributed by atoms with E-state index in [0.717, 1.165) is 30.6 Å². The number of hydrogen-bond donors (Lipinski definition) is 1. The number of methoxy groups -OCH3 is 1. The average molecular weight is 290 g/mol. The van der Waals surface area contributed by atoms with Crippen molar-refractivity contribution in [1.82, 2.24) is 0 Å². The first kappa shape index (κ1) is 17.3. The maximum absolute atomic E-state index is 8.96. The van der Waals surface area contributed by atoms with Crippen molar-refractivity contribution in [2.75, 3.05) is 13.7 Å². The molecule has 0 amide bonds. The van der Waals surface area contributed by atoms with E-state index >= 15 is 0 Å². The molecule has 1 aromatic rings. The van der Waals surface area contributed by atoms with E-state index in [1.54, 1.807) is 7.11 Å². The maximum atomic E-state index is 8.96. The van der Waals surface area contributed by atoms with Crippen LogP contribution in [-0.4, -0.2) is 13.7 Å². The van der Waals surface area contributed by atoms with Gasteiger partial charge in [-0.2, -0.15) is 5.26 Å². The molecule has 0 aliphatic heterocycles. The molecular formula is C17H26N2O2. The van der Waals surface area contributed by atoms with Crippen LogP contribution in [0.4, 0.5) is 0 Å².